The van der Waals surface area contributed by atoms with E-state index in [0.717, 1.165) is 13.0 Å². The molecule has 82 valence electrons. The predicted molar refractivity (Wildman–Crippen MR) is 55.0 cm³/mol. The van der Waals surface area contributed by atoms with Crippen LogP contribution in [0.25, 0.3) is 0 Å². The van der Waals surface area contributed by atoms with Crippen molar-refractivity contribution in [3.8, 4) is 6.07 Å². The lowest BCUT2D eigenvalue weighted by Crippen LogP contribution is -2.43. The highest BCUT2D eigenvalue weighted by Gasteiger charge is 2.20. The maximum atomic E-state index is 8.80. The fourth-order valence-corrected chi connectivity index (χ4v) is 0.801. The predicted octanol–water partition coefficient (Wildman–Crippen LogP) is 0.931. The smallest absolute Gasteiger partial charge is 0.127 e. The topological polar surface area (TPSA) is 54.3 Å². The molecular weight excluding hydrogens is 180 g/mol. The van der Waals surface area contributed by atoms with Crippen LogP contribution in [0.2, 0.25) is 0 Å². The average Bonchev–Trinajstić information content (AvgIpc) is 2.23. The molecule has 0 aliphatic heterocycles. The van der Waals surface area contributed by atoms with Crippen molar-refractivity contribution in [3.63, 3.8) is 0 Å². The lowest BCUT2D eigenvalue weighted by atomic mass is 10.1. The molecule has 0 aromatic carbocycles. The van der Waals surface area contributed by atoms with Crippen LogP contribution in [0.15, 0.2) is 0 Å². The van der Waals surface area contributed by atoms with Gasteiger partial charge in [-0.3, -0.25) is 0 Å². The fourth-order valence-electron chi connectivity index (χ4n) is 0.801. The lowest BCUT2D eigenvalue weighted by Gasteiger charge is -2.20. The second kappa shape index (κ2) is 7.74. The van der Waals surface area contributed by atoms with E-state index in [4.69, 9.17) is 14.7 Å². The van der Waals surface area contributed by atoms with Crippen LogP contribution >= 0.6 is 0 Å². The Morgan fingerprint density at radius 2 is 1.93 bits per heavy atom. The maximum Gasteiger partial charge on any atom is 0.127 e. The van der Waals surface area contributed by atoms with Gasteiger partial charge in [-0.1, -0.05) is 6.92 Å². The maximum absolute atomic E-state index is 8.80. The van der Waals surface area contributed by atoms with Crippen molar-refractivity contribution < 1.29 is 9.47 Å². The van der Waals surface area contributed by atoms with Gasteiger partial charge in [0.1, 0.15) is 5.54 Å². The minimum Gasteiger partial charge on any atom is -0.379 e. The van der Waals surface area contributed by atoms with Crippen molar-refractivity contribution in [1.29, 1.82) is 5.26 Å². The molecule has 0 rings (SSSR count). The summed E-state index contributed by atoms with van der Waals surface area (Å²) in [4.78, 5) is 0. The minimum absolute atomic E-state index is 0.384. The average molecular weight is 200 g/mol. The molecule has 0 fully saturated rings. The highest BCUT2D eigenvalue weighted by atomic mass is 16.5. The first kappa shape index (κ1) is 13.4. The number of ether oxygens (including phenoxy) is 2. The van der Waals surface area contributed by atoms with Crippen molar-refractivity contribution in [2.45, 2.75) is 25.8 Å². The summed E-state index contributed by atoms with van der Waals surface area (Å²) in [7, 11) is 1.75. The first-order valence-corrected chi connectivity index (χ1v) is 4.94. The van der Waals surface area contributed by atoms with Crippen LogP contribution in [0.4, 0.5) is 0 Å². The van der Waals surface area contributed by atoms with Crippen LogP contribution in [0.5, 0.6) is 0 Å². The zero-order valence-electron chi connectivity index (χ0n) is 9.30. The molecule has 14 heavy (non-hydrogen) atoms. The third kappa shape index (κ3) is 5.92. The standard InChI is InChI=1S/C10H20N2O2/c1-4-5-13-6-7-14-9-10(2,8-11)12-3/h12H,4-7,9H2,1-3H3. The van der Waals surface area contributed by atoms with E-state index in [0.29, 0.717) is 19.8 Å². The van der Waals surface area contributed by atoms with E-state index in [-0.39, 0.29) is 0 Å². The number of likely N-dealkylation sites (N-methyl/N-ethyl adjacent to an activating group) is 1. The monoisotopic (exact) mass is 200 g/mol. The van der Waals surface area contributed by atoms with E-state index >= 15 is 0 Å². The fraction of sp³-hybridized carbons (Fsp3) is 0.900. The molecule has 0 aromatic rings. The Hall–Kier alpha value is -0.630. The molecule has 0 radical (unpaired) electrons. The molecular formula is C10H20N2O2. The van der Waals surface area contributed by atoms with Crippen LogP contribution in [-0.2, 0) is 9.47 Å². The third-order valence-corrected chi connectivity index (χ3v) is 1.91. The second-order valence-corrected chi connectivity index (χ2v) is 3.36. The van der Waals surface area contributed by atoms with Crippen LogP contribution in [-0.4, -0.2) is 39.0 Å². The molecule has 0 amide bonds. The zero-order chi connectivity index (χ0) is 10.9. The Bertz CT molecular complexity index is 179. The van der Waals surface area contributed by atoms with E-state index in [1.165, 1.54) is 0 Å². The Labute approximate surface area is 86.2 Å². The molecule has 1 atom stereocenters. The lowest BCUT2D eigenvalue weighted by molar-refractivity contribution is 0.0334. The number of nitrogens with zero attached hydrogens (tertiary/aromatic N) is 1. The molecule has 0 saturated carbocycles. The van der Waals surface area contributed by atoms with Crippen molar-refractivity contribution in [3.05, 3.63) is 0 Å². The molecule has 1 N–H and O–H groups in total. The SMILES string of the molecule is CCCOCCOCC(C)(C#N)NC. The molecule has 4 nitrogen and oxygen atoms in total. The molecule has 0 bridgehead atoms. The van der Waals surface area contributed by atoms with Crippen LogP contribution in [0.1, 0.15) is 20.3 Å². The van der Waals surface area contributed by atoms with E-state index in [9.17, 15) is 0 Å². The van der Waals surface area contributed by atoms with Gasteiger partial charge in [-0.05, 0) is 20.4 Å². The number of nitrogens with one attached hydrogen (secondary N) is 1. The second-order valence-electron chi connectivity index (χ2n) is 3.36. The summed E-state index contributed by atoms with van der Waals surface area (Å²) in [5, 5.41) is 11.7. The van der Waals surface area contributed by atoms with Crippen LogP contribution < -0.4 is 5.32 Å². The van der Waals surface area contributed by atoms with E-state index < -0.39 is 5.54 Å². The summed E-state index contributed by atoms with van der Waals surface area (Å²) in [5.41, 5.74) is -0.593. The summed E-state index contributed by atoms with van der Waals surface area (Å²) >= 11 is 0. The number of hydrogen-bond donors (Lipinski definition) is 1. The van der Waals surface area contributed by atoms with E-state index in [2.05, 4.69) is 18.3 Å². The zero-order valence-corrected chi connectivity index (χ0v) is 9.30. The Morgan fingerprint density at radius 3 is 2.43 bits per heavy atom. The molecule has 0 spiro atoms. The van der Waals surface area contributed by atoms with Gasteiger partial charge in [0.2, 0.25) is 0 Å². The van der Waals surface area contributed by atoms with Crippen LogP contribution in [0, 0.1) is 11.3 Å². The summed E-state index contributed by atoms with van der Waals surface area (Å²) < 4.78 is 10.6. The Morgan fingerprint density at radius 1 is 1.29 bits per heavy atom. The summed E-state index contributed by atoms with van der Waals surface area (Å²) in [6, 6.07) is 2.15. The molecule has 0 aliphatic carbocycles. The van der Waals surface area contributed by atoms with Gasteiger partial charge in [0.05, 0.1) is 25.9 Å². The van der Waals surface area contributed by atoms with Crippen molar-refractivity contribution >= 4 is 0 Å². The van der Waals surface area contributed by atoms with Crippen molar-refractivity contribution in [2.24, 2.45) is 0 Å². The molecule has 0 aliphatic rings. The minimum atomic E-state index is -0.593. The van der Waals surface area contributed by atoms with E-state index in [1.807, 2.05) is 0 Å². The normalized spacial score (nSPS) is 14.7. The van der Waals surface area contributed by atoms with Gasteiger partial charge in [-0.15, -0.1) is 0 Å². The van der Waals surface area contributed by atoms with Gasteiger partial charge < -0.3 is 14.8 Å². The molecule has 1 unspecified atom stereocenters. The number of rotatable bonds is 8. The van der Waals surface area contributed by atoms with Gasteiger partial charge in [0, 0.05) is 6.61 Å². The highest BCUT2D eigenvalue weighted by molar-refractivity contribution is 5.02. The summed E-state index contributed by atoms with van der Waals surface area (Å²) in [6.07, 6.45) is 1.02. The van der Waals surface area contributed by atoms with Gasteiger partial charge >= 0.3 is 0 Å². The quantitative estimate of drug-likeness (QED) is 0.592. The van der Waals surface area contributed by atoms with E-state index in [1.54, 1.807) is 14.0 Å². The molecule has 0 heterocycles. The highest BCUT2D eigenvalue weighted by Crippen LogP contribution is 2.00. The van der Waals surface area contributed by atoms with Gasteiger partial charge in [-0.2, -0.15) is 5.26 Å². The van der Waals surface area contributed by atoms with Crippen molar-refractivity contribution in [2.75, 3.05) is 33.5 Å². The van der Waals surface area contributed by atoms with Gasteiger partial charge in [0.25, 0.3) is 0 Å². The van der Waals surface area contributed by atoms with Gasteiger partial charge in [0.15, 0.2) is 0 Å². The molecule has 4 heteroatoms. The Balaban J connectivity index is 3.40. The largest absolute Gasteiger partial charge is 0.379 e. The first-order chi connectivity index (χ1) is 6.68. The Kier molecular flexibility index (Phi) is 7.40. The number of hydrogen-bond acceptors (Lipinski definition) is 4. The van der Waals surface area contributed by atoms with Crippen LogP contribution in [0.3, 0.4) is 0 Å². The summed E-state index contributed by atoms with van der Waals surface area (Å²) in [5.74, 6) is 0. The first-order valence-electron chi connectivity index (χ1n) is 4.94. The number of nitriles is 1. The van der Waals surface area contributed by atoms with Gasteiger partial charge in [-0.25, -0.2) is 0 Å². The molecule has 0 saturated heterocycles. The van der Waals surface area contributed by atoms with Crippen molar-refractivity contribution in [1.82, 2.24) is 5.32 Å². The molecule has 0 aromatic heterocycles. The summed E-state index contributed by atoms with van der Waals surface area (Å²) in [6.45, 7) is 6.16. The third-order valence-electron chi connectivity index (χ3n) is 1.91.